The number of nitrogens with zero attached hydrogens (tertiary/aromatic N) is 1. The van der Waals surface area contributed by atoms with Gasteiger partial charge in [-0.1, -0.05) is 0 Å². The van der Waals surface area contributed by atoms with E-state index in [1.807, 2.05) is 0 Å². The normalized spacial score (nSPS) is 25.6. The molecule has 3 aliphatic rings. The molecule has 2 atom stereocenters. The standard InChI is InChI=1S/C21H26N2O5/c1-13(20(26)22-14-3-4-14)23-10-9-21(8-7-19(23)25)12-17(24)16-6-5-15(27-2)11-18(16)28-21/h5-6,11,13-14H,3-4,7-10,12H2,1-2H3,(H,22,26)/t13-,21-/m1/s1. The van der Waals surface area contributed by atoms with Gasteiger partial charge < -0.3 is 19.7 Å². The summed E-state index contributed by atoms with van der Waals surface area (Å²) in [6.07, 6.45) is 3.50. The van der Waals surface area contributed by atoms with Gasteiger partial charge in [0, 0.05) is 31.5 Å². The third kappa shape index (κ3) is 3.57. The van der Waals surface area contributed by atoms with Crippen molar-refractivity contribution >= 4 is 17.6 Å². The zero-order valence-electron chi connectivity index (χ0n) is 16.3. The van der Waals surface area contributed by atoms with Crippen molar-refractivity contribution in [3.63, 3.8) is 0 Å². The van der Waals surface area contributed by atoms with Gasteiger partial charge in [0.05, 0.1) is 19.1 Å². The number of likely N-dealkylation sites (tertiary alicyclic amines) is 1. The molecule has 28 heavy (non-hydrogen) atoms. The van der Waals surface area contributed by atoms with Crippen molar-refractivity contribution in [1.29, 1.82) is 0 Å². The van der Waals surface area contributed by atoms with Crippen molar-refractivity contribution in [2.24, 2.45) is 0 Å². The Kier molecular flexibility index (Phi) is 4.77. The Morgan fingerprint density at radius 2 is 2.11 bits per heavy atom. The number of benzene rings is 1. The van der Waals surface area contributed by atoms with Crippen LogP contribution >= 0.6 is 0 Å². The molecule has 150 valence electrons. The second kappa shape index (κ2) is 7.11. The summed E-state index contributed by atoms with van der Waals surface area (Å²) in [5.74, 6) is 0.978. The Morgan fingerprint density at radius 1 is 1.32 bits per heavy atom. The topological polar surface area (TPSA) is 84.9 Å². The number of amides is 2. The third-order valence-corrected chi connectivity index (χ3v) is 5.99. The largest absolute Gasteiger partial charge is 0.497 e. The number of nitrogens with one attached hydrogen (secondary N) is 1. The van der Waals surface area contributed by atoms with Crippen LogP contribution in [0.3, 0.4) is 0 Å². The van der Waals surface area contributed by atoms with Gasteiger partial charge in [-0.25, -0.2) is 0 Å². The lowest BCUT2D eigenvalue weighted by Gasteiger charge is -2.37. The highest BCUT2D eigenvalue weighted by Gasteiger charge is 2.44. The van der Waals surface area contributed by atoms with Crippen LogP contribution in [0.15, 0.2) is 18.2 Å². The summed E-state index contributed by atoms with van der Waals surface area (Å²) in [4.78, 5) is 39.4. The molecule has 2 heterocycles. The molecule has 0 aromatic heterocycles. The Morgan fingerprint density at radius 3 is 2.82 bits per heavy atom. The van der Waals surface area contributed by atoms with Gasteiger partial charge in [-0.3, -0.25) is 14.4 Å². The van der Waals surface area contributed by atoms with E-state index in [1.54, 1.807) is 37.1 Å². The number of rotatable bonds is 4. The number of methoxy groups -OCH3 is 1. The molecule has 1 N–H and O–H groups in total. The van der Waals surface area contributed by atoms with Gasteiger partial charge in [0.1, 0.15) is 23.1 Å². The summed E-state index contributed by atoms with van der Waals surface area (Å²) in [5.41, 5.74) is -0.163. The number of Topliss-reactive ketones (excluding diaryl/α,β-unsaturated/α-hetero) is 1. The van der Waals surface area contributed by atoms with E-state index in [4.69, 9.17) is 9.47 Å². The molecule has 1 aliphatic carbocycles. The lowest BCUT2D eigenvalue weighted by atomic mass is 9.84. The Bertz CT molecular complexity index is 819. The first-order valence-corrected chi connectivity index (χ1v) is 9.91. The molecule has 1 aromatic carbocycles. The molecular weight excluding hydrogens is 360 g/mol. The molecule has 0 radical (unpaired) electrons. The Labute approximate surface area is 164 Å². The van der Waals surface area contributed by atoms with Crippen LogP contribution in [-0.4, -0.2) is 53.8 Å². The predicted molar refractivity (Wildman–Crippen MR) is 101 cm³/mol. The minimum Gasteiger partial charge on any atom is -0.497 e. The van der Waals surface area contributed by atoms with E-state index in [0.717, 1.165) is 12.8 Å². The van der Waals surface area contributed by atoms with Crippen LogP contribution in [0.5, 0.6) is 11.5 Å². The quantitative estimate of drug-likeness (QED) is 0.856. The molecule has 2 amide bonds. The first-order chi connectivity index (χ1) is 13.4. The highest BCUT2D eigenvalue weighted by molar-refractivity contribution is 6.00. The average molecular weight is 386 g/mol. The number of hydrogen-bond donors (Lipinski definition) is 1. The van der Waals surface area contributed by atoms with Crippen LogP contribution in [0, 0.1) is 0 Å². The molecule has 2 fully saturated rings. The van der Waals surface area contributed by atoms with Crippen molar-refractivity contribution in [3.8, 4) is 11.5 Å². The molecule has 1 saturated heterocycles. The van der Waals surface area contributed by atoms with Crippen LogP contribution in [0.25, 0.3) is 0 Å². The number of ether oxygens (including phenoxy) is 2. The number of hydrogen-bond acceptors (Lipinski definition) is 5. The molecule has 7 nitrogen and oxygen atoms in total. The summed E-state index contributed by atoms with van der Waals surface area (Å²) in [6, 6.07) is 4.94. The van der Waals surface area contributed by atoms with Crippen molar-refractivity contribution in [2.75, 3.05) is 13.7 Å². The maximum atomic E-state index is 12.7. The zero-order valence-corrected chi connectivity index (χ0v) is 16.3. The summed E-state index contributed by atoms with van der Waals surface area (Å²) in [5, 5.41) is 2.96. The van der Waals surface area contributed by atoms with E-state index in [0.29, 0.717) is 36.4 Å². The first kappa shape index (κ1) is 18.8. The summed E-state index contributed by atoms with van der Waals surface area (Å²) < 4.78 is 11.5. The summed E-state index contributed by atoms with van der Waals surface area (Å²) >= 11 is 0. The van der Waals surface area contributed by atoms with E-state index in [-0.39, 0.29) is 36.5 Å². The smallest absolute Gasteiger partial charge is 0.242 e. The van der Waals surface area contributed by atoms with Crippen LogP contribution in [-0.2, 0) is 9.59 Å². The van der Waals surface area contributed by atoms with Crippen molar-refractivity contribution in [1.82, 2.24) is 10.2 Å². The highest BCUT2D eigenvalue weighted by Crippen LogP contribution is 2.41. The number of carbonyl (C=O) groups is 3. The van der Waals surface area contributed by atoms with Gasteiger partial charge in [-0.2, -0.15) is 0 Å². The van der Waals surface area contributed by atoms with Crippen LogP contribution in [0.4, 0.5) is 0 Å². The second-order valence-corrected chi connectivity index (χ2v) is 8.04. The SMILES string of the molecule is COc1ccc2c(c1)O[C@@]1(CCC(=O)N([C@H](C)C(=O)NC3CC3)CC1)CC2=O. The van der Waals surface area contributed by atoms with E-state index in [1.165, 1.54) is 0 Å². The van der Waals surface area contributed by atoms with Gasteiger partial charge in [0.15, 0.2) is 5.78 Å². The van der Waals surface area contributed by atoms with Crippen molar-refractivity contribution in [3.05, 3.63) is 23.8 Å². The predicted octanol–water partition coefficient (Wildman–Crippen LogP) is 2.08. The van der Waals surface area contributed by atoms with E-state index in [9.17, 15) is 14.4 Å². The zero-order chi connectivity index (χ0) is 19.9. The minimum absolute atomic E-state index is 0.0179. The third-order valence-electron chi connectivity index (χ3n) is 5.99. The molecule has 4 rings (SSSR count). The Hall–Kier alpha value is -2.57. The molecule has 1 aromatic rings. The lowest BCUT2D eigenvalue weighted by Crippen LogP contribution is -2.49. The van der Waals surface area contributed by atoms with Gasteiger partial charge in [-0.05, 0) is 38.3 Å². The number of fused-ring (bicyclic) bond motifs is 1. The maximum absolute atomic E-state index is 12.7. The van der Waals surface area contributed by atoms with Gasteiger partial charge in [0.25, 0.3) is 0 Å². The fourth-order valence-corrected chi connectivity index (χ4v) is 4.03. The van der Waals surface area contributed by atoms with Crippen LogP contribution in [0.1, 0.15) is 55.8 Å². The van der Waals surface area contributed by atoms with Crippen LogP contribution in [0.2, 0.25) is 0 Å². The lowest BCUT2D eigenvalue weighted by molar-refractivity contribution is -0.139. The fourth-order valence-electron chi connectivity index (χ4n) is 4.03. The maximum Gasteiger partial charge on any atom is 0.242 e. The summed E-state index contributed by atoms with van der Waals surface area (Å²) in [6.45, 7) is 2.16. The summed E-state index contributed by atoms with van der Waals surface area (Å²) in [7, 11) is 1.57. The van der Waals surface area contributed by atoms with E-state index < -0.39 is 11.6 Å². The van der Waals surface area contributed by atoms with Crippen LogP contribution < -0.4 is 14.8 Å². The number of carbonyl (C=O) groups excluding carboxylic acids is 3. The highest BCUT2D eigenvalue weighted by atomic mass is 16.5. The monoisotopic (exact) mass is 386 g/mol. The van der Waals surface area contributed by atoms with Gasteiger partial charge in [-0.15, -0.1) is 0 Å². The molecule has 0 unspecified atom stereocenters. The van der Waals surface area contributed by atoms with Crippen molar-refractivity contribution < 1.29 is 23.9 Å². The average Bonchev–Trinajstić information content (AvgIpc) is 3.50. The van der Waals surface area contributed by atoms with Gasteiger partial charge >= 0.3 is 0 Å². The Balaban J connectivity index is 1.51. The minimum atomic E-state index is -0.715. The van der Waals surface area contributed by atoms with E-state index in [2.05, 4.69) is 5.32 Å². The molecule has 2 aliphatic heterocycles. The van der Waals surface area contributed by atoms with E-state index >= 15 is 0 Å². The molecular formula is C21H26N2O5. The molecule has 1 saturated carbocycles. The second-order valence-electron chi connectivity index (χ2n) is 8.04. The first-order valence-electron chi connectivity index (χ1n) is 9.91. The van der Waals surface area contributed by atoms with Crippen molar-refractivity contribution in [2.45, 2.75) is 63.1 Å². The van der Waals surface area contributed by atoms with Gasteiger partial charge in [0.2, 0.25) is 11.8 Å². The number of ketones is 1. The molecule has 1 spiro atoms. The molecule has 0 bridgehead atoms. The molecule has 7 heteroatoms. The fraction of sp³-hybridized carbons (Fsp3) is 0.571.